The Bertz CT molecular complexity index is 700. The van der Waals surface area contributed by atoms with Crippen molar-refractivity contribution in [2.75, 3.05) is 0 Å². The van der Waals surface area contributed by atoms with Crippen molar-refractivity contribution < 1.29 is 32.5 Å². The van der Waals surface area contributed by atoms with Gasteiger partial charge in [0.25, 0.3) is 0 Å². The monoisotopic (exact) mass is 369 g/mol. The molecule has 4 bridgehead atoms. The summed E-state index contributed by atoms with van der Waals surface area (Å²) in [7, 11) is 0. The number of hydrogen-bond acceptors (Lipinski definition) is 4. The summed E-state index contributed by atoms with van der Waals surface area (Å²) >= 11 is 0. The molecule has 0 saturated heterocycles. The first-order chi connectivity index (χ1) is 12.1. The molecule has 142 valence electrons. The highest BCUT2D eigenvalue weighted by molar-refractivity contribution is 5.86. The molecule has 0 aliphatic heterocycles. The molecule has 0 heterocycles. The van der Waals surface area contributed by atoms with Gasteiger partial charge >= 0.3 is 6.36 Å². The van der Waals surface area contributed by atoms with Crippen LogP contribution < -0.4 is 14.6 Å². The van der Waals surface area contributed by atoms with Crippen molar-refractivity contribution in [3.05, 3.63) is 23.8 Å². The number of benzene rings is 1. The molecule has 26 heavy (non-hydrogen) atoms. The van der Waals surface area contributed by atoms with Crippen molar-refractivity contribution in [1.82, 2.24) is 0 Å². The molecule has 0 atom stereocenters. The van der Waals surface area contributed by atoms with E-state index in [1.807, 2.05) is 6.92 Å². The van der Waals surface area contributed by atoms with Crippen LogP contribution in [0.2, 0.25) is 0 Å². The molecule has 0 aromatic heterocycles. The molecule has 4 aliphatic carbocycles. The van der Waals surface area contributed by atoms with Crippen molar-refractivity contribution in [1.29, 1.82) is 0 Å². The summed E-state index contributed by atoms with van der Waals surface area (Å²) in [6.07, 6.45) is 0.411. The number of ether oxygens (including phenoxy) is 2. The first kappa shape index (κ1) is 17.5. The number of halogens is 3. The van der Waals surface area contributed by atoms with Gasteiger partial charge in [-0.15, -0.1) is 13.2 Å². The number of hydrogen-bond donors (Lipinski definition) is 0. The molecule has 0 radical (unpaired) electrons. The SMILES string of the molecule is CC1(Oc2cc(C(=O)[O-])ccc2OC(F)(F)F)C2CC3CC(C2)CC1C3. The van der Waals surface area contributed by atoms with Gasteiger partial charge in [0, 0.05) is 5.56 Å². The Hall–Kier alpha value is -1.92. The Labute approximate surface area is 149 Å². The van der Waals surface area contributed by atoms with E-state index in [1.165, 1.54) is 6.42 Å². The van der Waals surface area contributed by atoms with E-state index in [0.29, 0.717) is 11.8 Å². The molecule has 4 nitrogen and oxygen atoms in total. The fourth-order valence-corrected chi connectivity index (χ4v) is 5.45. The lowest BCUT2D eigenvalue weighted by atomic mass is 9.50. The van der Waals surface area contributed by atoms with Crippen LogP contribution >= 0.6 is 0 Å². The third-order valence-electron chi connectivity index (χ3n) is 6.49. The molecule has 1 aromatic carbocycles. The van der Waals surface area contributed by atoms with Crippen LogP contribution in [-0.4, -0.2) is 17.9 Å². The van der Waals surface area contributed by atoms with Crippen LogP contribution in [0.3, 0.4) is 0 Å². The molecule has 7 heteroatoms. The second kappa shape index (κ2) is 5.79. The van der Waals surface area contributed by atoms with E-state index in [9.17, 15) is 23.1 Å². The van der Waals surface area contributed by atoms with Crippen LogP contribution in [0.1, 0.15) is 49.4 Å². The maximum atomic E-state index is 12.7. The molecule has 1 aromatic rings. The van der Waals surface area contributed by atoms with Gasteiger partial charge in [0.1, 0.15) is 5.60 Å². The van der Waals surface area contributed by atoms with Gasteiger partial charge in [0.15, 0.2) is 11.5 Å². The van der Waals surface area contributed by atoms with Gasteiger partial charge in [-0.2, -0.15) is 0 Å². The molecular weight excluding hydrogens is 349 g/mol. The van der Waals surface area contributed by atoms with Crippen LogP contribution in [0.15, 0.2) is 18.2 Å². The molecule has 4 aliphatic rings. The molecule has 0 amide bonds. The summed E-state index contributed by atoms with van der Waals surface area (Å²) < 4.78 is 48.4. The standard InChI is InChI=1S/C19H21F3O4/c1-18(13-5-10-4-11(7-13)8-14(18)6-10)25-16-9-12(17(23)24)2-3-15(16)26-19(20,21)22/h2-3,9-11,13-14H,4-8H2,1H3,(H,23,24)/p-1. The zero-order chi connectivity index (χ0) is 18.7. The molecule has 0 unspecified atom stereocenters. The lowest BCUT2D eigenvalue weighted by Gasteiger charge is -2.59. The highest BCUT2D eigenvalue weighted by atomic mass is 19.4. The van der Waals surface area contributed by atoms with E-state index < -0.39 is 23.7 Å². The molecule has 0 N–H and O–H groups in total. The average molecular weight is 369 g/mol. The Morgan fingerprint density at radius 3 is 2.15 bits per heavy atom. The lowest BCUT2D eigenvalue weighted by molar-refractivity contribution is -0.275. The molecule has 5 rings (SSSR count). The Kier molecular flexibility index (Phi) is 3.90. The summed E-state index contributed by atoms with van der Waals surface area (Å²) in [6, 6.07) is 3.09. The number of alkyl halides is 3. The minimum Gasteiger partial charge on any atom is -0.545 e. The number of aromatic carboxylic acids is 1. The zero-order valence-corrected chi connectivity index (χ0v) is 14.3. The third kappa shape index (κ3) is 3.01. The Morgan fingerprint density at radius 1 is 1.08 bits per heavy atom. The predicted molar refractivity (Wildman–Crippen MR) is 83.5 cm³/mol. The normalized spacial score (nSPS) is 35.4. The first-order valence-corrected chi connectivity index (χ1v) is 8.94. The van der Waals surface area contributed by atoms with Crippen LogP contribution in [0, 0.1) is 23.7 Å². The maximum Gasteiger partial charge on any atom is 0.573 e. The van der Waals surface area contributed by atoms with Crippen molar-refractivity contribution in [3.63, 3.8) is 0 Å². The summed E-state index contributed by atoms with van der Waals surface area (Å²) in [5.74, 6) is -0.280. The fraction of sp³-hybridized carbons (Fsp3) is 0.632. The van der Waals surface area contributed by atoms with Gasteiger partial charge in [-0.25, -0.2) is 0 Å². The highest BCUT2D eigenvalue weighted by Gasteiger charge is 2.56. The molecule has 4 fully saturated rings. The molecule has 4 saturated carbocycles. The van der Waals surface area contributed by atoms with Crippen LogP contribution in [-0.2, 0) is 0 Å². The first-order valence-electron chi connectivity index (χ1n) is 8.94. The summed E-state index contributed by atoms with van der Waals surface area (Å²) in [6.45, 7) is 1.95. The topological polar surface area (TPSA) is 58.6 Å². The number of carboxylic acids is 1. The summed E-state index contributed by atoms with van der Waals surface area (Å²) in [4.78, 5) is 11.1. The number of carbonyl (C=O) groups excluding carboxylic acids is 1. The van der Waals surface area contributed by atoms with Gasteiger partial charge in [-0.1, -0.05) is 0 Å². The summed E-state index contributed by atoms with van der Waals surface area (Å²) in [5, 5.41) is 11.1. The van der Waals surface area contributed by atoms with E-state index in [-0.39, 0.29) is 23.1 Å². The van der Waals surface area contributed by atoms with Gasteiger partial charge in [-0.3, -0.25) is 0 Å². The third-order valence-corrected chi connectivity index (χ3v) is 6.49. The minimum absolute atomic E-state index is 0.181. The average Bonchev–Trinajstić information content (AvgIpc) is 2.52. The van der Waals surface area contributed by atoms with Gasteiger partial charge < -0.3 is 19.4 Å². The quantitative estimate of drug-likeness (QED) is 0.815. The number of carboxylic acid groups (broad SMARTS) is 1. The number of carbonyl (C=O) groups is 1. The van der Waals surface area contributed by atoms with Crippen molar-refractivity contribution in [2.45, 2.75) is 51.0 Å². The fourth-order valence-electron chi connectivity index (χ4n) is 5.45. The van der Waals surface area contributed by atoms with Crippen LogP contribution in [0.5, 0.6) is 11.5 Å². The Balaban J connectivity index is 1.68. The van der Waals surface area contributed by atoms with Crippen molar-refractivity contribution in [3.8, 4) is 11.5 Å². The van der Waals surface area contributed by atoms with E-state index in [0.717, 1.165) is 43.9 Å². The van der Waals surface area contributed by atoms with Crippen LogP contribution in [0.25, 0.3) is 0 Å². The van der Waals surface area contributed by atoms with Crippen molar-refractivity contribution in [2.24, 2.45) is 23.7 Å². The van der Waals surface area contributed by atoms with Crippen molar-refractivity contribution >= 4 is 5.97 Å². The lowest BCUT2D eigenvalue weighted by Crippen LogP contribution is -2.59. The van der Waals surface area contributed by atoms with E-state index >= 15 is 0 Å². The highest BCUT2D eigenvalue weighted by Crippen LogP contribution is 2.59. The van der Waals surface area contributed by atoms with E-state index in [1.54, 1.807) is 0 Å². The smallest absolute Gasteiger partial charge is 0.545 e. The second-order valence-electron chi connectivity index (χ2n) is 8.09. The maximum absolute atomic E-state index is 12.7. The number of rotatable bonds is 4. The largest absolute Gasteiger partial charge is 0.573 e. The minimum atomic E-state index is -4.88. The predicted octanol–water partition coefficient (Wildman–Crippen LogP) is 3.54. The molecule has 0 spiro atoms. The Morgan fingerprint density at radius 2 is 1.65 bits per heavy atom. The summed E-state index contributed by atoms with van der Waals surface area (Å²) in [5.41, 5.74) is -0.844. The van der Waals surface area contributed by atoms with Crippen LogP contribution in [0.4, 0.5) is 13.2 Å². The zero-order valence-electron chi connectivity index (χ0n) is 14.3. The van der Waals surface area contributed by atoms with Gasteiger partial charge in [0.2, 0.25) is 0 Å². The molecular formula is C19H20F3O4-. The second-order valence-corrected chi connectivity index (χ2v) is 8.09. The van der Waals surface area contributed by atoms with Gasteiger partial charge in [-0.05, 0) is 80.9 Å². The van der Waals surface area contributed by atoms with Gasteiger partial charge in [0.05, 0.1) is 5.97 Å². The van der Waals surface area contributed by atoms with E-state index in [4.69, 9.17) is 4.74 Å². The van der Waals surface area contributed by atoms with E-state index in [2.05, 4.69) is 4.74 Å².